The summed E-state index contributed by atoms with van der Waals surface area (Å²) in [5.74, 6) is -1.22. The van der Waals surface area contributed by atoms with Gasteiger partial charge in [-0.05, 0) is 18.9 Å². The van der Waals surface area contributed by atoms with Gasteiger partial charge in [-0.25, -0.2) is 0 Å². The first kappa shape index (κ1) is 17.4. The van der Waals surface area contributed by atoms with Crippen molar-refractivity contribution in [2.45, 2.75) is 39.2 Å². The van der Waals surface area contributed by atoms with Crippen LogP contribution >= 0.6 is 0 Å². The number of rotatable bonds is 10. The summed E-state index contributed by atoms with van der Waals surface area (Å²) in [5, 5.41) is 3.43. The lowest BCUT2D eigenvalue weighted by Crippen LogP contribution is -2.33. The number of carbonyl (C=O) groups excluding carboxylic acids is 2. The summed E-state index contributed by atoms with van der Waals surface area (Å²) < 4.78 is 9.94. The van der Waals surface area contributed by atoms with Crippen LogP contribution in [0, 0.1) is 5.92 Å². The summed E-state index contributed by atoms with van der Waals surface area (Å²) in [6.07, 6.45) is 0.583. The minimum atomic E-state index is -0.535. The van der Waals surface area contributed by atoms with Crippen molar-refractivity contribution in [1.82, 2.24) is 0 Å². The van der Waals surface area contributed by atoms with E-state index in [1.54, 1.807) is 6.92 Å². The molecule has 0 aromatic rings. The molecular formula is C12H21N3O4. The van der Waals surface area contributed by atoms with Gasteiger partial charge in [0, 0.05) is 17.9 Å². The first-order valence-corrected chi connectivity index (χ1v) is 6.32. The molecule has 0 amide bonds. The van der Waals surface area contributed by atoms with E-state index >= 15 is 0 Å². The van der Waals surface area contributed by atoms with Crippen LogP contribution in [0.1, 0.15) is 33.1 Å². The zero-order valence-electron chi connectivity index (χ0n) is 11.7. The number of hydrogen-bond donors (Lipinski definition) is 0. The second kappa shape index (κ2) is 10.3. The van der Waals surface area contributed by atoms with Crippen molar-refractivity contribution in [3.63, 3.8) is 0 Å². The molecule has 0 saturated heterocycles. The van der Waals surface area contributed by atoms with Crippen molar-refractivity contribution in [2.75, 3.05) is 20.3 Å². The van der Waals surface area contributed by atoms with E-state index in [9.17, 15) is 9.59 Å². The normalized spacial score (nSPS) is 13.2. The highest BCUT2D eigenvalue weighted by atomic mass is 16.5. The number of hydrogen-bond acceptors (Lipinski definition) is 5. The number of methoxy groups -OCH3 is 1. The maximum absolute atomic E-state index is 12.1. The molecule has 0 bridgehead atoms. The molecule has 0 aromatic heterocycles. The summed E-state index contributed by atoms with van der Waals surface area (Å²) in [6.45, 7) is 3.94. The lowest BCUT2D eigenvalue weighted by molar-refractivity contribution is -0.147. The Balaban J connectivity index is 4.70. The lowest BCUT2D eigenvalue weighted by Gasteiger charge is -2.23. The molecule has 0 spiro atoms. The standard InChI is InChI=1S/C12H21N3O4/c1-4-6-9(11(18-3)8-14-15-13)10(16)7-12(17)19-5-2/h9,11H,4-8H2,1-3H3/t9-,11-/m1/s1. The number of ether oxygens (including phenoxy) is 2. The number of carbonyl (C=O) groups is 2. The molecule has 0 heterocycles. The topological polar surface area (TPSA) is 101 Å². The molecule has 0 aromatic carbocycles. The minimum absolute atomic E-state index is 0.0756. The molecule has 0 unspecified atom stereocenters. The van der Waals surface area contributed by atoms with Crippen molar-refractivity contribution in [3.8, 4) is 0 Å². The minimum Gasteiger partial charge on any atom is -0.466 e. The van der Waals surface area contributed by atoms with E-state index in [1.807, 2.05) is 6.92 Å². The van der Waals surface area contributed by atoms with Gasteiger partial charge in [0.25, 0.3) is 0 Å². The van der Waals surface area contributed by atoms with E-state index in [0.29, 0.717) is 6.42 Å². The predicted molar refractivity (Wildman–Crippen MR) is 69.5 cm³/mol. The summed E-state index contributed by atoms with van der Waals surface area (Å²) >= 11 is 0. The molecule has 0 radical (unpaired) electrons. The zero-order chi connectivity index (χ0) is 14.7. The number of Topliss-reactive ketones (excluding diaryl/α,β-unsaturated/α-hetero) is 1. The first-order valence-electron chi connectivity index (χ1n) is 6.32. The van der Waals surface area contributed by atoms with Gasteiger partial charge < -0.3 is 9.47 Å². The summed E-state index contributed by atoms with van der Waals surface area (Å²) in [4.78, 5) is 26.0. The molecule has 0 saturated carbocycles. The van der Waals surface area contributed by atoms with E-state index in [0.717, 1.165) is 6.42 Å². The second-order valence-corrected chi connectivity index (χ2v) is 4.03. The third kappa shape index (κ3) is 6.79. The molecule has 19 heavy (non-hydrogen) atoms. The Hall–Kier alpha value is -1.59. The predicted octanol–water partition coefficient (Wildman–Crippen LogP) is 2.25. The first-order chi connectivity index (χ1) is 9.10. The van der Waals surface area contributed by atoms with E-state index < -0.39 is 18.0 Å². The maximum atomic E-state index is 12.1. The number of nitrogens with zero attached hydrogens (tertiary/aromatic N) is 3. The van der Waals surface area contributed by atoms with E-state index in [-0.39, 0.29) is 25.4 Å². The van der Waals surface area contributed by atoms with Crippen LogP contribution in [0.25, 0.3) is 10.4 Å². The Labute approximate surface area is 112 Å². The fourth-order valence-corrected chi connectivity index (χ4v) is 1.83. The van der Waals surface area contributed by atoms with Crippen LogP contribution < -0.4 is 0 Å². The van der Waals surface area contributed by atoms with Gasteiger partial charge in [0.15, 0.2) is 0 Å². The lowest BCUT2D eigenvalue weighted by atomic mass is 9.90. The third-order valence-corrected chi connectivity index (χ3v) is 2.71. The second-order valence-electron chi connectivity index (χ2n) is 4.03. The molecule has 7 heteroatoms. The molecule has 0 fully saturated rings. The van der Waals surface area contributed by atoms with Crippen LogP contribution in [-0.4, -0.2) is 38.1 Å². The summed E-state index contributed by atoms with van der Waals surface area (Å²) in [7, 11) is 1.46. The van der Waals surface area contributed by atoms with E-state index in [4.69, 9.17) is 15.0 Å². The van der Waals surface area contributed by atoms with Crippen molar-refractivity contribution < 1.29 is 19.1 Å². The van der Waals surface area contributed by atoms with E-state index in [1.165, 1.54) is 7.11 Å². The highest BCUT2D eigenvalue weighted by Crippen LogP contribution is 2.18. The van der Waals surface area contributed by atoms with Crippen LogP contribution in [0.2, 0.25) is 0 Å². The Morgan fingerprint density at radius 1 is 1.37 bits per heavy atom. The zero-order valence-corrected chi connectivity index (χ0v) is 11.7. The average Bonchev–Trinajstić information content (AvgIpc) is 2.38. The molecule has 108 valence electrons. The van der Waals surface area contributed by atoms with Gasteiger partial charge in [0.05, 0.1) is 19.3 Å². The molecule has 7 nitrogen and oxygen atoms in total. The van der Waals surface area contributed by atoms with Gasteiger partial charge in [-0.1, -0.05) is 18.5 Å². The van der Waals surface area contributed by atoms with Crippen molar-refractivity contribution in [1.29, 1.82) is 0 Å². The number of ketones is 1. The van der Waals surface area contributed by atoms with Gasteiger partial charge in [-0.2, -0.15) is 0 Å². The molecule has 0 aliphatic carbocycles. The Morgan fingerprint density at radius 2 is 2.05 bits per heavy atom. The highest BCUT2D eigenvalue weighted by Gasteiger charge is 2.28. The molecule has 0 rings (SSSR count). The third-order valence-electron chi connectivity index (χ3n) is 2.71. The van der Waals surface area contributed by atoms with Gasteiger partial charge in [0.1, 0.15) is 12.2 Å². The SMILES string of the molecule is CCC[C@H](C(=O)CC(=O)OCC)[C@@H](CN=[N+]=[N-])OC. The highest BCUT2D eigenvalue weighted by molar-refractivity contribution is 5.97. The van der Waals surface area contributed by atoms with Crippen molar-refractivity contribution in [3.05, 3.63) is 10.4 Å². The fourth-order valence-electron chi connectivity index (χ4n) is 1.83. The monoisotopic (exact) mass is 271 g/mol. The van der Waals surface area contributed by atoms with Gasteiger partial charge >= 0.3 is 5.97 Å². The fraction of sp³-hybridized carbons (Fsp3) is 0.833. The number of esters is 1. The number of azide groups is 1. The Morgan fingerprint density at radius 3 is 2.53 bits per heavy atom. The molecule has 2 atom stereocenters. The van der Waals surface area contributed by atoms with Crippen molar-refractivity contribution in [2.24, 2.45) is 11.0 Å². The molecular weight excluding hydrogens is 250 g/mol. The average molecular weight is 271 g/mol. The van der Waals surface area contributed by atoms with Crippen LogP contribution in [0.15, 0.2) is 5.11 Å². The van der Waals surface area contributed by atoms with Crippen LogP contribution in [0.3, 0.4) is 0 Å². The molecule has 0 N–H and O–H groups in total. The molecule has 0 aliphatic heterocycles. The van der Waals surface area contributed by atoms with Crippen LogP contribution in [0.5, 0.6) is 0 Å². The summed E-state index contributed by atoms with van der Waals surface area (Å²) in [5.41, 5.74) is 8.32. The Kier molecular flexibility index (Phi) is 9.48. The maximum Gasteiger partial charge on any atom is 0.313 e. The van der Waals surface area contributed by atoms with Crippen molar-refractivity contribution >= 4 is 11.8 Å². The van der Waals surface area contributed by atoms with E-state index in [2.05, 4.69) is 10.0 Å². The van der Waals surface area contributed by atoms with Gasteiger partial charge in [-0.3, -0.25) is 9.59 Å². The van der Waals surface area contributed by atoms with Crippen LogP contribution in [-0.2, 0) is 19.1 Å². The van der Waals surface area contributed by atoms with Gasteiger partial charge in [-0.15, -0.1) is 0 Å². The largest absolute Gasteiger partial charge is 0.466 e. The van der Waals surface area contributed by atoms with Crippen LogP contribution in [0.4, 0.5) is 0 Å². The summed E-state index contributed by atoms with van der Waals surface area (Å²) in [6, 6.07) is 0. The van der Waals surface area contributed by atoms with Gasteiger partial charge in [0.2, 0.25) is 0 Å². The Bertz CT molecular complexity index is 340. The smallest absolute Gasteiger partial charge is 0.313 e. The quantitative estimate of drug-likeness (QED) is 0.200. The molecule has 0 aliphatic rings.